The zero-order chi connectivity index (χ0) is 19.8. The summed E-state index contributed by atoms with van der Waals surface area (Å²) in [6, 6.07) is 9.98. The molecule has 1 aliphatic heterocycles. The molecule has 3 heterocycles. The highest BCUT2D eigenvalue weighted by Gasteiger charge is 2.20. The fourth-order valence-corrected chi connectivity index (χ4v) is 3.10. The van der Waals surface area contributed by atoms with E-state index in [4.69, 9.17) is 9.73 Å². The molecule has 0 aliphatic carbocycles. The number of aromatic nitrogens is 2. The van der Waals surface area contributed by atoms with Gasteiger partial charge in [-0.15, -0.1) is 0 Å². The summed E-state index contributed by atoms with van der Waals surface area (Å²) in [5.74, 6) is 2.64. The fourth-order valence-electron chi connectivity index (χ4n) is 3.10. The Kier molecular flexibility index (Phi) is 7.06. The van der Waals surface area contributed by atoms with Crippen LogP contribution in [0.3, 0.4) is 0 Å². The first-order valence-corrected chi connectivity index (χ1v) is 9.96. The van der Waals surface area contributed by atoms with E-state index in [0.29, 0.717) is 12.4 Å². The lowest BCUT2D eigenvalue weighted by Crippen LogP contribution is -2.52. The van der Waals surface area contributed by atoms with Crippen molar-refractivity contribution >= 4 is 11.8 Å². The van der Waals surface area contributed by atoms with Gasteiger partial charge < -0.3 is 19.9 Å². The van der Waals surface area contributed by atoms with E-state index >= 15 is 0 Å². The molecule has 150 valence electrons. The predicted octanol–water partition coefficient (Wildman–Crippen LogP) is 2.55. The van der Waals surface area contributed by atoms with Crippen LogP contribution in [0.4, 0.5) is 5.82 Å². The Bertz CT molecular complexity index is 739. The molecule has 7 heteroatoms. The minimum Gasteiger partial charge on any atom is -0.475 e. The van der Waals surface area contributed by atoms with E-state index in [2.05, 4.69) is 38.1 Å². The van der Waals surface area contributed by atoms with Gasteiger partial charge in [0.2, 0.25) is 5.88 Å². The molecular weight excluding hydrogens is 352 g/mol. The van der Waals surface area contributed by atoms with Crippen LogP contribution in [-0.4, -0.2) is 59.7 Å². The highest BCUT2D eigenvalue weighted by atomic mass is 16.5. The van der Waals surface area contributed by atoms with Crippen molar-refractivity contribution in [3.8, 4) is 5.88 Å². The van der Waals surface area contributed by atoms with Gasteiger partial charge in [-0.2, -0.15) is 0 Å². The van der Waals surface area contributed by atoms with Gasteiger partial charge in [0.25, 0.3) is 0 Å². The Balaban J connectivity index is 1.58. The molecule has 0 atom stereocenters. The Morgan fingerprint density at radius 2 is 1.96 bits per heavy atom. The van der Waals surface area contributed by atoms with Crippen LogP contribution in [0.2, 0.25) is 0 Å². The topological polar surface area (TPSA) is 65.9 Å². The summed E-state index contributed by atoms with van der Waals surface area (Å²) in [6.45, 7) is 11.2. The molecule has 2 aromatic rings. The van der Waals surface area contributed by atoms with Crippen molar-refractivity contribution in [3.63, 3.8) is 0 Å². The summed E-state index contributed by atoms with van der Waals surface area (Å²) in [6.07, 6.45) is 3.81. The second-order valence-corrected chi connectivity index (χ2v) is 7.00. The van der Waals surface area contributed by atoms with Crippen molar-refractivity contribution in [2.75, 3.05) is 37.6 Å². The van der Waals surface area contributed by atoms with Crippen LogP contribution in [-0.2, 0) is 6.54 Å². The second kappa shape index (κ2) is 9.92. The van der Waals surface area contributed by atoms with Gasteiger partial charge in [-0.25, -0.2) is 15.0 Å². The Labute approximate surface area is 167 Å². The van der Waals surface area contributed by atoms with Crippen LogP contribution in [0.5, 0.6) is 5.88 Å². The third-order valence-electron chi connectivity index (χ3n) is 4.45. The summed E-state index contributed by atoms with van der Waals surface area (Å²) < 4.78 is 5.60. The first kappa shape index (κ1) is 19.9. The molecule has 2 aromatic heterocycles. The molecule has 28 heavy (non-hydrogen) atoms. The summed E-state index contributed by atoms with van der Waals surface area (Å²) in [7, 11) is 0. The van der Waals surface area contributed by atoms with Crippen molar-refractivity contribution in [2.45, 2.75) is 33.4 Å². The summed E-state index contributed by atoms with van der Waals surface area (Å²) in [4.78, 5) is 18.3. The van der Waals surface area contributed by atoms with Crippen molar-refractivity contribution in [3.05, 3.63) is 48.3 Å². The number of hydrogen-bond acceptors (Lipinski definition) is 5. The maximum Gasteiger partial charge on any atom is 0.213 e. The normalized spacial score (nSPS) is 15.1. The molecule has 0 amide bonds. The van der Waals surface area contributed by atoms with Crippen molar-refractivity contribution < 1.29 is 4.74 Å². The van der Waals surface area contributed by atoms with E-state index in [1.807, 2.05) is 50.5 Å². The largest absolute Gasteiger partial charge is 0.475 e. The lowest BCUT2D eigenvalue weighted by molar-refractivity contribution is 0.232. The first-order chi connectivity index (χ1) is 13.7. The second-order valence-electron chi connectivity index (χ2n) is 7.00. The van der Waals surface area contributed by atoms with Gasteiger partial charge in [-0.05, 0) is 38.5 Å². The molecule has 0 unspecified atom stereocenters. The number of guanidine groups is 1. The number of ether oxygens (including phenoxy) is 1. The maximum atomic E-state index is 5.60. The van der Waals surface area contributed by atoms with Crippen LogP contribution >= 0.6 is 0 Å². The Hall–Kier alpha value is -2.83. The molecule has 1 N–H and O–H groups in total. The van der Waals surface area contributed by atoms with Crippen LogP contribution in [0.15, 0.2) is 47.7 Å². The molecule has 0 aromatic carbocycles. The molecule has 1 fully saturated rings. The van der Waals surface area contributed by atoms with Crippen LogP contribution in [0.1, 0.15) is 26.3 Å². The van der Waals surface area contributed by atoms with Gasteiger partial charge in [-0.1, -0.05) is 12.1 Å². The quantitative estimate of drug-likeness (QED) is 0.612. The molecule has 0 radical (unpaired) electrons. The van der Waals surface area contributed by atoms with Gasteiger partial charge in [-0.3, -0.25) is 0 Å². The van der Waals surface area contributed by atoms with Crippen molar-refractivity contribution in [2.24, 2.45) is 4.99 Å². The summed E-state index contributed by atoms with van der Waals surface area (Å²) in [5, 5.41) is 3.41. The van der Waals surface area contributed by atoms with Crippen molar-refractivity contribution in [1.29, 1.82) is 0 Å². The molecule has 1 saturated heterocycles. The molecule has 7 nitrogen and oxygen atoms in total. The van der Waals surface area contributed by atoms with E-state index in [1.165, 1.54) is 0 Å². The summed E-state index contributed by atoms with van der Waals surface area (Å²) in [5.41, 5.74) is 1.07. The first-order valence-electron chi connectivity index (χ1n) is 9.96. The minimum atomic E-state index is 0.126. The molecule has 1 aliphatic rings. The maximum absolute atomic E-state index is 5.60. The number of pyridine rings is 2. The SMILES string of the molecule is CCNC(=NCc1ccc(OC(C)C)nc1)N1CCN(c2ccccn2)CC1. The number of aliphatic imine (C=N–C) groups is 1. The zero-order valence-corrected chi connectivity index (χ0v) is 17.0. The number of nitrogens with zero attached hydrogens (tertiary/aromatic N) is 5. The van der Waals surface area contributed by atoms with Gasteiger partial charge in [0.15, 0.2) is 5.96 Å². The minimum absolute atomic E-state index is 0.126. The predicted molar refractivity (Wildman–Crippen MR) is 113 cm³/mol. The number of hydrogen-bond donors (Lipinski definition) is 1. The number of anilines is 1. The lowest BCUT2D eigenvalue weighted by Gasteiger charge is -2.37. The van der Waals surface area contributed by atoms with E-state index in [1.54, 1.807) is 0 Å². The van der Waals surface area contributed by atoms with Crippen molar-refractivity contribution in [1.82, 2.24) is 20.2 Å². The molecule has 0 spiro atoms. The molecule has 0 bridgehead atoms. The van der Waals surface area contributed by atoms with Crippen LogP contribution in [0, 0.1) is 0 Å². The fraction of sp³-hybridized carbons (Fsp3) is 0.476. The highest BCUT2D eigenvalue weighted by Crippen LogP contribution is 2.13. The van der Waals surface area contributed by atoms with Gasteiger partial charge in [0, 0.05) is 51.2 Å². The lowest BCUT2D eigenvalue weighted by atomic mass is 10.3. The van der Waals surface area contributed by atoms with E-state index in [-0.39, 0.29) is 6.10 Å². The smallest absolute Gasteiger partial charge is 0.213 e. The number of rotatable bonds is 6. The Morgan fingerprint density at radius 1 is 1.14 bits per heavy atom. The van der Waals surface area contributed by atoms with Gasteiger partial charge in [0.1, 0.15) is 5.82 Å². The third-order valence-corrected chi connectivity index (χ3v) is 4.45. The van der Waals surface area contributed by atoms with Crippen LogP contribution < -0.4 is 15.0 Å². The average Bonchev–Trinajstić information content (AvgIpc) is 2.73. The standard InChI is InChI=1S/C21H30N6O/c1-4-22-21(25-16-18-8-9-20(24-15-18)28-17(2)3)27-13-11-26(12-14-27)19-7-5-6-10-23-19/h5-10,15,17H,4,11-14,16H2,1-3H3,(H,22,25). The molecule has 3 rings (SSSR count). The average molecular weight is 383 g/mol. The van der Waals surface area contributed by atoms with Crippen LogP contribution in [0.25, 0.3) is 0 Å². The monoisotopic (exact) mass is 382 g/mol. The summed E-state index contributed by atoms with van der Waals surface area (Å²) >= 11 is 0. The van der Waals surface area contributed by atoms with Gasteiger partial charge >= 0.3 is 0 Å². The Morgan fingerprint density at radius 3 is 2.57 bits per heavy atom. The highest BCUT2D eigenvalue weighted by molar-refractivity contribution is 5.80. The van der Waals surface area contributed by atoms with E-state index in [9.17, 15) is 0 Å². The zero-order valence-electron chi connectivity index (χ0n) is 17.0. The van der Waals surface area contributed by atoms with E-state index in [0.717, 1.165) is 50.1 Å². The number of piperazine rings is 1. The number of nitrogens with one attached hydrogen (secondary N) is 1. The molecule has 0 saturated carbocycles. The van der Waals surface area contributed by atoms with Gasteiger partial charge in [0.05, 0.1) is 12.6 Å². The molecular formula is C21H30N6O. The third kappa shape index (κ3) is 5.58. The van der Waals surface area contributed by atoms with E-state index < -0.39 is 0 Å².